The molecule has 4 N–H and O–H groups in total. The molecule has 1 aromatic rings. The van der Waals surface area contributed by atoms with E-state index in [1.54, 1.807) is 0 Å². The average molecular weight is 386 g/mol. The largest absolute Gasteiger partial charge is 1.00 e. The first kappa shape index (κ1) is 24.5. The smallest absolute Gasteiger partial charge is 1.00 e. The normalized spacial score (nSPS) is 23.2. The number of aromatic amines is 1. The maximum Gasteiger partial charge on any atom is 1.00 e. The summed E-state index contributed by atoms with van der Waals surface area (Å²) in [6, 6.07) is 0. The Hall–Kier alpha value is 0.510. The van der Waals surface area contributed by atoms with Crippen LogP contribution in [0.5, 0.6) is 0 Å². The maximum absolute atomic E-state index is 11.5. The van der Waals surface area contributed by atoms with Crippen LogP contribution in [0.3, 0.4) is 0 Å². The van der Waals surface area contributed by atoms with Crippen LogP contribution in [-0.4, -0.2) is 56.1 Å². The van der Waals surface area contributed by atoms with Crippen molar-refractivity contribution in [2.45, 2.75) is 25.4 Å². The van der Waals surface area contributed by atoms with Gasteiger partial charge in [-0.2, -0.15) is 0 Å². The summed E-state index contributed by atoms with van der Waals surface area (Å²) in [5.41, 5.74) is -1.21. The summed E-state index contributed by atoms with van der Waals surface area (Å²) in [4.78, 5) is 47.3. The van der Waals surface area contributed by atoms with Crippen LogP contribution in [0.2, 0.25) is 0 Å². The Morgan fingerprint density at radius 1 is 1.46 bits per heavy atom. The van der Waals surface area contributed by atoms with Gasteiger partial charge in [-0.05, 0) is 6.92 Å². The summed E-state index contributed by atoms with van der Waals surface area (Å²) >= 11 is 0. The molecule has 24 heavy (non-hydrogen) atoms. The number of aromatic nitrogens is 2. The second-order valence-corrected chi connectivity index (χ2v) is 6.28. The summed E-state index contributed by atoms with van der Waals surface area (Å²) in [6.45, 7) is 1.28. The summed E-state index contributed by atoms with van der Waals surface area (Å²) in [5.74, 6) is 0. The fourth-order valence-corrected chi connectivity index (χ4v) is 2.11. The molecule has 0 amide bonds. The Morgan fingerprint density at radius 2 is 2.08 bits per heavy atom. The number of hydrogen-bond donors (Lipinski definition) is 4. The minimum absolute atomic E-state index is 0. The molecule has 0 aliphatic carbocycles. The van der Waals surface area contributed by atoms with E-state index in [0.29, 0.717) is 4.73 Å². The third-order valence-electron chi connectivity index (χ3n) is 2.85. The Balaban J connectivity index is -0.00000132. The van der Waals surface area contributed by atoms with Crippen molar-refractivity contribution < 1.29 is 95.7 Å². The van der Waals surface area contributed by atoms with Gasteiger partial charge in [-0.3, -0.25) is 14.3 Å². The minimum atomic E-state index is -4.38. The van der Waals surface area contributed by atoms with Crippen LogP contribution in [-0.2, 0) is 14.0 Å². The number of hydrogen-bond acceptors (Lipinski definition) is 7. The number of H-pyrrole nitrogens is 1. The maximum atomic E-state index is 11.5. The summed E-state index contributed by atoms with van der Waals surface area (Å²) in [7, 11) is -4.38. The Kier molecular flexibility index (Phi) is 10.2. The van der Waals surface area contributed by atoms with Crippen LogP contribution in [0.25, 0.3) is 0 Å². The molecule has 11 nitrogen and oxygen atoms in total. The van der Waals surface area contributed by atoms with E-state index in [4.69, 9.17) is 24.1 Å². The van der Waals surface area contributed by atoms with E-state index in [1.807, 2.05) is 4.98 Å². The molecule has 0 bridgehead atoms. The van der Waals surface area contributed by atoms with Crippen molar-refractivity contribution >= 4 is 7.60 Å². The molecule has 1 unspecified atom stereocenters. The molecule has 1 aliphatic heterocycles. The number of aryl methyl sites for hydroxylation is 1. The SMILES string of the molecule is Cc1cn(OC2OC[C@H](OCP(=O)(O)O)[C@H]2O)c(=O)[nH]c1=O.[H-].[H-].[Na+].[Na+]. The van der Waals surface area contributed by atoms with Gasteiger partial charge >= 0.3 is 72.4 Å². The van der Waals surface area contributed by atoms with Crippen LogP contribution in [0.4, 0.5) is 0 Å². The third kappa shape index (κ3) is 6.67. The number of rotatable bonds is 5. The van der Waals surface area contributed by atoms with Crippen molar-refractivity contribution in [2.24, 2.45) is 0 Å². The van der Waals surface area contributed by atoms with E-state index in [1.165, 1.54) is 6.92 Å². The monoisotopic (exact) mass is 386 g/mol. The number of aliphatic hydroxyl groups excluding tert-OH is 1. The van der Waals surface area contributed by atoms with Gasteiger partial charge in [-0.1, -0.05) is 0 Å². The van der Waals surface area contributed by atoms with Crippen LogP contribution in [0.15, 0.2) is 15.8 Å². The van der Waals surface area contributed by atoms with Gasteiger partial charge in [0.25, 0.3) is 11.8 Å². The molecule has 2 heterocycles. The van der Waals surface area contributed by atoms with Crippen molar-refractivity contribution in [1.29, 1.82) is 0 Å². The molecule has 0 aromatic carbocycles. The molecular weight excluding hydrogens is 369 g/mol. The first-order valence-electron chi connectivity index (χ1n) is 6.13. The van der Waals surface area contributed by atoms with Crippen molar-refractivity contribution in [1.82, 2.24) is 9.71 Å². The fourth-order valence-electron chi connectivity index (χ4n) is 1.73. The van der Waals surface area contributed by atoms with Gasteiger partial charge in [0, 0.05) is 5.56 Å². The Morgan fingerprint density at radius 3 is 2.67 bits per heavy atom. The predicted molar refractivity (Wildman–Crippen MR) is 72.4 cm³/mol. The van der Waals surface area contributed by atoms with E-state index in [-0.39, 0.29) is 74.1 Å². The van der Waals surface area contributed by atoms with Crippen LogP contribution < -0.4 is 75.2 Å². The zero-order valence-electron chi connectivity index (χ0n) is 15.4. The topological polar surface area (TPSA) is 160 Å². The first-order chi connectivity index (χ1) is 10.2. The van der Waals surface area contributed by atoms with Crippen LogP contribution in [0, 0.1) is 6.92 Å². The van der Waals surface area contributed by atoms with Crippen molar-refractivity contribution in [2.75, 3.05) is 13.0 Å². The van der Waals surface area contributed by atoms with Crippen molar-refractivity contribution in [3.8, 4) is 0 Å². The molecular formula is C10H17N2Na2O9P. The molecule has 1 saturated heterocycles. The van der Waals surface area contributed by atoms with Gasteiger partial charge in [0.1, 0.15) is 18.6 Å². The summed E-state index contributed by atoms with van der Waals surface area (Å²) in [6.07, 6.45) is -3.42. The van der Waals surface area contributed by atoms with Crippen molar-refractivity contribution in [3.05, 3.63) is 32.6 Å². The van der Waals surface area contributed by atoms with E-state index >= 15 is 0 Å². The first-order valence-corrected chi connectivity index (χ1v) is 7.93. The Labute approximate surface area is 183 Å². The van der Waals surface area contributed by atoms with Gasteiger partial charge in [0.2, 0.25) is 0 Å². The minimum Gasteiger partial charge on any atom is -1.00 e. The van der Waals surface area contributed by atoms with E-state index in [2.05, 4.69) is 0 Å². The van der Waals surface area contributed by atoms with E-state index in [0.717, 1.165) is 6.20 Å². The quantitative estimate of drug-likeness (QED) is 0.285. The molecule has 14 heteroatoms. The van der Waals surface area contributed by atoms with Gasteiger partial charge < -0.3 is 32.1 Å². The van der Waals surface area contributed by atoms with Crippen LogP contribution in [0.1, 0.15) is 8.42 Å². The summed E-state index contributed by atoms with van der Waals surface area (Å²) < 4.78 is 21.3. The van der Waals surface area contributed by atoms with Gasteiger partial charge in [-0.15, -0.1) is 4.73 Å². The average Bonchev–Trinajstić information content (AvgIpc) is 2.74. The van der Waals surface area contributed by atoms with Gasteiger partial charge in [-0.25, -0.2) is 4.79 Å². The molecule has 0 spiro atoms. The second-order valence-electron chi connectivity index (χ2n) is 4.69. The second kappa shape index (κ2) is 10.0. The van der Waals surface area contributed by atoms with Gasteiger partial charge in [0.05, 0.1) is 12.8 Å². The number of ether oxygens (including phenoxy) is 2. The van der Waals surface area contributed by atoms with Crippen molar-refractivity contribution in [3.63, 3.8) is 0 Å². The van der Waals surface area contributed by atoms with E-state index in [9.17, 15) is 19.3 Å². The molecule has 3 atom stereocenters. The van der Waals surface area contributed by atoms with Gasteiger partial charge in [0.15, 0.2) is 0 Å². The molecule has 1 fully saturated rings. The third-order valence-corrected chi connectivity index (χ3v) is 3.33. The fraction of sp³-hybridized carbons (Fsp3) is 0.600. The standard InChI is InChI=1S/C10H15N2O9P.2Na.2H/c1-5-2-12(10(15)11-8(5)14)21-9-7(13)6(3-19-9)20-4-22(16,17)18;;;;/h2,6-7,9,13H,3-4H2,1H3,(H,11,14,15)(H2,16,17,18);;;;/q;2*+1;2*-1/t6-,7+,9?;;;;/m0..../s1. The molecule has 0 saturated carbocycles. The van der Waals surface area contributed by atoms with Crippen LogP contribution >= 0.6 is 7.60 Å². The number of nitrogens with one attached hydrogen (secondary N) is 1. The molecule has 0 radical (unpaired) electrons. The zero-order chi connectivity index (χ0) is 16.5. The number of aliphatic hydroxyl groups is 1. The zero-order valence-corrected chi connectivity index (χ0v) is 18.3. The summed E-state index contributed by atoms with van der Waals surface area (Å²) in [5, 5.41) is 9.91. The Bertz CT molecular complexity index is 712. The predicted octanol–water partition coefficient (Wildman–Crippen LogP) is -8.26. The molecule has 1 aliphatic rings. The molecule has 1 aromatic heterocycles. The molecule has 2 rings (SSSR count). The number of nitrogens with zero attached hydrogens (tertiary/aromatic N) is 1. The molecule has 128 valence electrons. The van der Waals surface area contributed by atoms with E-state index < -0.39 is 43.7 Å².